The summed E-state index contributed by atoms with van der Waals surface area (Å²) in [7, 11) is 0. The molecule has 3 aromatic rings. The fourth-order valence-electron chi connectivity index (χ4n) is 2.75. The number of benzene rings is 1. The van der Waals surface area contributed by atoms with Crippen LogP contribution in [0.25, 0.3) is 11.3 Å². The average Bonchev–Trinajstić information content (AvgIpc) is 3.11. The molecule has 0 spiro atoms. The van der Waals surface area contributed by atoms with Crippen LogP contribution < -0.4 is 16.6 Å². The van der Waals surface area contributed by atoms with Crippen LogP contribution in [0.2, 0.25) is 0 Å². The smallest absolute Gasteiger partial charge is 0.252 e. The van der Waals surface area contributed by atoms with Gasteiger partial charge in [0.05, 0.1) is 11.7 Å². The number of nitrogens with zero attached hydrogens (tertiary/aromatic N) is 4. The van der Waals surface area contributed by atoms with Crippen LogP contribution in [-0.2, 0) is 0 Å². The van der Waals surface area contributed by atoms with Gasteiger partial charge in [0.25, 0.3) is 11.5 Å². The summed E-state index contributed by atoms with van der Waals surface area (Å²) in [6, 6.07) is 8.04. The van der Waals surface area contributed by atoms with Crippen molar-refractivity contribution in [3.05, 3.63) is 58.4 Å². The largest absolute Gasteiger partial charge is 0.369 e. The molecule has 1 atom stereocenters. The lowest BCUT2D eigenvalue weighted by molar-refractivity contribution is 0.0937. The zero-order chi connectivity index (χ0) is 19.6. The van der Waals surface area contributed by atoms with E-state index in [1.807, 2.05) is 25.3 Å². The molecule has 2 aromatic heterocycles. The summed E-state index contributed by atoms with van der Waals surface area (Å²) in [4.78, 5) is 30.8. The zero-order valence-electron chi connectivity index (χ0n) is 15.3. The Balaban J connectivity index is 1.83. The van der Waals surface area contributed by atoms with Gasteiger partial charge in [-0.1, -0.05) is 12.1 Å². The van der Waals surface area contributed by atoms with Crippen LogP contribution in [0.4, 0.5) is 5.95 Å². The maximum Gasteiger partial charge on any atom is 0.252 e. The molecule has 0 aliphatic carbocycles. The average molecular weight is 367 g/mol. The predicted molar refractivity (Wildman–Crippen MR) is 101 cm³/mol. The van der Waals surface area contributed by atoms with E-state index in [4.69, 9.17) is 5.73 Å². The number of aromatic amines is 1. The number of H-pyrrole nitrogens is 1. The highest BCUT2D eigenvalue weighted by Crippen LogP contribution is 2.19. The second kappa shape index (κ2) is 7.40. The topological polar surface area (TPSA) is 132 Å². The standard InChI is InChI=1S/C18H21N7O2/c1-10(2)25-9-20-24-16(25)11(3)21-17(27)13-6-4-5-12(7-13)14-8-15(26)23-18(19)22-14/h4-11H,1-3H3,(H,21,27)(H3,19,22,23,26)/t11-/m0/s1. The molecule has 9 heteroatoms. The molecule has 0 bridgehead atoms. The first-order valence-corrected chi connectivity index (χ1v) is 8.52. The third-order valence-corrected chi connectivity index (χ3v) is 4.07. The van der Waals surface area contributed by atoms with Gasteiger partial charge in [-0.15, -0.1) is 10.2 Å². The van der Waals surface area contributed by atoms with E-state index >= 15 is 0 Å². The van der Waals surface area contributed by atoms with E-state index in [1.54, 1.807) is 30.6 Å². The molecule has 0 aliphatic heterocycles. The van der Waals surface area contributed by atoms with Gasteiger partial charge in [0.1, 0.15) is 6.33 Å². The molecule has 1 aromatic carbocycles. The summed E-state index contributed by atoms with van der Waals surface area (Å²) in [6.07, 6.45) is 1.65. The molecule has 0 unspecified atom stereocenters. The van der Waals surface area contributed by atoms with Crippen LogP contribution >= 0.6 is 0 Å². The molecule has 0 radical (unpaired) electrons. The van der Waals surface area contributed by atoms with Gasteiger partial charge in [-0.05, 0) is 32.9 Å². The lowest BCUT2D eigenvalue weighted by Gasteiger charge is -2.17. The minimum atomic E-state index is -0.353. The highest BCUT2D eigenvalue weighted by Gasteiger charge is 2.18. The zero-order valence-corrected chi connectivity index (χ0v) is 15.3. The van der Waals surface area contributed by atoms with E-state index in [0.29, 0.717) is 22.6 Å². The van der Waals surface area contributed by atoms with Gasteiger partial charge in [-0.3, -0.25) is 14.6 Å². The lowest BCUT2D eigenvalue weighted by atomic mass is 10.1. The Hall–Kier alpha value is -3.49. The number of nitrogen functional groups attached to an aromatic ring is 1. The first-order valence-electron chi connectivity index (χ1n) is 8.52. The van der Waals surface area contributed by atoms with Crippen molar-refractivity contribution in [2.75, 3.05) is 5.73 Å². The summed E-state index contributed by atoms with van der Waals surface area (Å²) in [5.41, 5.74) is 6.70. The van der Waals surface area contributed by atoms with Gasteiger partial charge in [-0.2, -0.15) is 0 Å². The number of aromatic nitrogens is 5. The van der Waals surface area contributed by atoms with Crippen LogP contribution in [0, 0.1) is 0 Å². The normalized spacial score (nSPS) is 12.1. The van der Waals surface area contributed by atoms with Crippen LogP contribution in [0.15, 0.2) is 41.5 Å². The summed E-state index contributed by atoms with van der Waals surface area (Å²) in [5.74, 6) is 0.438. The monoisotopic (exact) mass is 367 g/mol. The maximum absolute atomic E-state index is 12.7. The molecule has 27 heavy (non-hydrogen) atoms. The van der Waals surface area contributed by atoms with Crippen LogP contribution in [0.5, 0.6) is 0 Å². The minimum Gasteiger partial charge on any atom is -0.369 e. The minimum absolute atomic E-state index is 0.0222. The Bertz CT molecular complexity index is 1020. The Morgan fingerprint density at radius 2 is 2.04 bits per heavy atom. The van der Waals surface area contributed by atoms with Crippen molar-refractivity contribution in [2.45, 2.75) is 32.9 Å². The van der Waals surface area contributed by atoms with Gasteiger partial charge in [-0.25, -0.2) is 4.98 Å². The van der Waals surface area contributed by atoms with E-state index in [0.717, 1.165) is 0 Å². The quantitative estimate of drug-likeness (QED) is 0.629. The highest BCUT2D eigenvalue weighted by molar-refractivity contribution is 5.95. The van der Waals surface area contributed by atoms with E-state index in [1.165, 1.54) is 6.07 Å². The van der Waals surface area contributed by atoms with E-state index in [-0.39, 0.29) is 29.5 Å². The summed E-state index contributed by atoms with van der Waals surface area (Å²) < 4.78 is 1.91. The van der Waals surface area contributed by atoms with Crippen LogP contribution in [-0.4, -0.2) is 30.6 Å². The molecule has 3 rings (SSSR count). The Morgan fingerprint density at radius 1 is 1.26 bits per heavy atom. The number of carbonyl (C=O) groups excluding carboxylic acids is 1. The van der Waals surface area contributed by atoms with E-state index in [9.17, 15) is 9.59 Å². The molecule has 2 heterocycles. The number of carbonyl (C=O) groups is 1. The molecule has 9 nitrogen and oxygen atoms in total. The molecule has 0 aliphatic rings. The van der Waals surface area contributed by atoms with Crippen molar-refractivity contribution in [3.63, 3.8) is 0 Å². The molecule has 1 amide bonds. The third kappa shape index (κ3) is 4.02. The summed E-state index contributed by atoms with van der Waals surface area (Å²) in [6.45, 7) is 5.89. The fraction of sp³-hybridized carbons (Fsp3) is 0.278. The van der Waals surface area contributed by atoms with Crippen molar-refractivity contribution in [1.29, 1.82) is 0 Å². The fourth-order valence-corrected chi connectivity index (χ4v) is 2.75. The SMILES string of the molecule is CC(C)n1cnnc1[C@H](C)NC(=O)c1cccc(-c2cc(=O)[nH]c(N)n2)c1. The van der Waals surface area contributed by atoms with Crippen molar-refractivity contribution < 1.29 is 4.79 Å². The number of nitrogens with one attached hydrogen (secondary N) is 2. The molecule has 4 N–H and O–H groups in total. The Labute approximate surface area is 155 Å². The lowest BCUT2D eigenvalue weighted by Crippen LogP contribution is -2.29. The number of hydrogen-bond acceptors (Lipinski definition) is 6. The molecular formula is C18H21N7O2. The summed E-state index contributed by atoms with van der Waals surface area (Å²) >= 11 is 0. The molecule has 0 saturated carbocycles. The first kappa shape index (κ1) is 18.3. The predicted octanol–water partition coefficient (Wildman–Crippen LogP) is 1.68. The Kier molecular flexibility index (Phi) is 5.02. The van der Waals surface area contributed by atoms with Crippen molar-refractivity contribution in [3.8, 4) is 11.3 Å². The van der Waals surface area contributed by atoms with Gasteiger partial charge in [0.2, 0.25) is 5.95 Å². The van der Waals surface area contributed by atoms with Crippen molar-refractivity contribution >= 4 is 11.9 Å². The maximum atomic E-state index is 12.7. The first-order chi connectivity index (χ1) is 12.8. The summed E-state index contributed by atoms with van der Waals surface area (Å²) in [5, 5.41) is 10.9. The second-order valence-corrected chi connectivity index (χ2v) is 6.48. The molecule has 140 valence electrons. The van der Waals surface area contributed by atoms with Gasteiger partial charge >= 0.3 is 0 Å². The van der Waals surface area contributed by atoms with E-state index in [2.05, 4.69) is 25.5 Å². The number of nitrogens with two attached hydrogens (primary N) is 1. The molecule has 0 saturated heterocycles. The second-order valence-electron chi connectivity index (χ2n) is 6.48. The van der Waals surface area contributed by atoms with Crippen molar-refractivity contribution in [1.82, 2.24) is 30.0 Å². The van der Waals surface area contributed by atoms with E-state index < -0.39 is 0 Å². The number of anilines is 1. The molecular weight excluding hydrogens is 346 g/mol. The highest BCUT2D eigenvalue weighted by atomic mass is 16.1. The van der Waals surface area contributed by atoms with Gasteiger partial charge in [0.15, 0.2) is 5.82 Å². The number of amides is 1. The third-order valence-electron chi connectivity index (χ3n) is 4.07. The Morgan fingerprint density at radius 3 is 2.74 bits per heavy atom. The number of rotatable bonds is 5. The van der Waals surface area contributed by atoms with Gasteiger partial charge in [0, 0.05) is 23.2 Å². The van der Waals surface area contributed by atoms with Crippen LogP contribution in [0.1, 0.15) is 49.0 Å². The van der Waals surface area contributed by atoms with Gasteiger partial charge < -0.3 is 15.6 Å². The van der Waals surface area contributed by atoms with Crippen molar-refractivity contribution in [2.24, 2.45) is 0 Å². The molecule has 0 fully saturated rings. The number of hydrogen-bond donors (Lipinski definition) is 3. The van der Waals surface area contributed by atoms with Crippen LogP contribution in [0.3, 0.4) is 0 Å².